The summed E-state index contributed by atoms with van der Waals surface area (Å²) in [7, 11) is 0. The zero-order valence-corrected chi connectivity index (χ0v) is 31.0. The van der Waals surface area contributed by atoms with Gasteiger partial charge in [0.25, 0.3) is 0 Å². The maximum absolute atomic E-state index is 6.66. The highest BCUT2D eigenvalue weighted by Crippen LogP contribution is 2.39. The zero-order valence-electron chi connectivity index (χ0n) is 30.2. The molecule has 1 aliphatic heterocycles. The van der Waals surface area contributed by atoms with Crippen molar-refractivity contribution in [1.29, 1.82) is 0 Å². The van der Waals surface area contributed by atoms with Crippen LogP contribution in [0.25, 0.3) is 75.5 Å². The van der Waals surface area contributed by atoms with E-state index in [0.29, 0.717) is 0 Å². The van der Waals surface area contributed by atoms with Gasteiger partial charge in [0.05, 0.1) is 0 Å². The molecule has 0 aliphatic carbocycles. The van der Waals surface area contributed by atoms with Crippen LogP contribution >= 0.6 is 11.3 Å². The number of aliphatic imine (C=N–C) groups is 2. The zero-order chi connectivity index (χ0) is 37.0. The number of amidine groups is 2. The lowest BCUT2D eigenvalue weighted by Gasteiger charge is -2.23. The largest absolute Gasteiger partial charge is 0.455 e. The molecular weight excluding hydrogens is 703 g/mol. The minimum atomic E-state index is -0.484. The number of hydrogen-bond donors (Lipinski definition) is 1. The summed E-state index contributed by atoms with van der Waals surface area (Å²) in [5.74, 6) is 1.58. The van der Waals surface area contributed by atoms with Crippen molar-refractivity contribution in [3.8, 4) is 33.4 Å². The van der Waals surface area contributed by atoms with Crippen LogP contribution in [0.15, 0.2) is 202 Å². The minimum absolute atomic E-state index is 0.484. The highest BCUT2D eigenvalue weighted by molar-refractivity contribution is 7.26. The van der Waals surface area contributed by atoms with E-state index in [2.05, 4.69) is 181 Å². The summed E-state index contributed by atoms with van der Waals surface area (Å²) < 4.78 is 9.12. The van der Waals surface area contributed by atoms with Gasteiger partial charge in [0, 0.05) is 53.2 Å². The molecule has 0 spiro atoms. The van der Waals surface area contributed by atoms with Gasteiger partial charge in [0.15, 0.2) is 6.17 Å². The summed E-state index contributed by atoms with van der Waals surface area (Å²) in [4.78, 5) is 10.6. The monoisotopic (exact) mass is 735 g/mol. The van der Waals surface area contributed by atoms with Crippen molar-refractivity contribution < 1.29 is 4.42 Å². The Morgan fingerprint density at radius 3 is 1.73 bits per heavy atom. The molecule has 10 aromatic rings. The van der Waals surface area contributed by atoms with Crippen LogP contribution in [0, 0.1) is 0 Å². The van der Waals surface area contributed by atoms with Crippen molar-refractivity contribution in [3.63, 3.8) is 0 Å². The van der Waals surface area contributed by atoms with Crippen LogP contribution < -0.4 is 5.32 Å². The molecule has 1 N–H and O–H groups in total. The highest BCUT2D eigenvalue weighted by Gasteiger charge is 2.24. The van der Waals surface area contributed by atoms with E-state index in [1.54, 1.807) is 11.3 Å². The van der Waals surface area contributed by atoms with Crippen LogP contribution in [0.4, 0.5) is 0 Å². The molecular formula is C51H33N3OS. The molecule has 0 bridgehead atoms. The van der Waals surface area contributed by atoms with Gasteiger partial charge in [-0.1, -0.05) is 170 Å². The molecule has 0 amide bonds. The third kappa shape index (κ3) is 5.60. The first-order valence-corrected chi connectivity index (χ1v) is 19.7. The lowest BCUT2D eigenvalue weighted by atomic mass is 9.99. The Balaban J connectivity index is 1.00. The maximum Gasteiger partial charge on any atom is 0.169 e. The van der Waals surface area contributed by atoms with Gasteiger partial charge in [0.2, 0.25) is 0 Å². The van der Waals surface area contributed by atoms with Gasteiger partial charge in [-0.15, -0.1) is 11.3 Å². The number of furan rings is 1. The number of nitrogens with one attached hydrogen (secondary N) is 1. The topological polar surface area (TPSA) is 49.9 Å². The van der Waals surface area contributed by atoms with E-state index >= 15 is 0 Å². The van der Waals surface area contributed by atoms with Crippen molar-refractivity contribution in [3.05, 3.63) is 205 Å². The Bertz CT molecular complexity index is 3140. The van der Waals surface area contributed by atoms with Crippen LogP contribution in [0.2, 0.25) is 0 Å². The summed E-state index contributed by atoms with van der Waals surface area (Å²) in [6, 6.07) is 66.2. The second-order valence-electron chi connectivity index (χ2n) is 14.2. The van der Waals surface area contributed by atoms with Gasteiger partial charge in [-0.05, 0) is 46.0 Å². The number of nitrogens with zero attached hydrogens (tertiary/aromatic N) is 2. The van der Waals surface area contributed by atoms with Crippen molar-refractivity contribution in [1.82, 2.24) is 5.32 Å². The summed E-state index contributed by atoms with van der Waals surface area (Å²) >= 11 is 1.80. The second-order valence-corrected chi connectivity index (χ2v) is 15.2. The summed E-state index contributed by atoms with van der Waals surface area (Å²) in [5.41, 5.74) is 11.7. The van der Waals surface area contributed by atoms with Gasteiger partial charge in [-0.3, -0.25) is 0 Å². The third-order valence-corrected chi connectivity index (χ3v) is 12.0. The molecule has 0 saturated heterocycles. The quantitative estimate of drug-likeness (QED) is 0.185. The Hall–Kier alpha value is -7.08. The predicted molar refractivity (Wildman–Crippen MR) is 235 cm³/mol. The first kappa shape index (κ1) is 32.4. The average Bonchev–Trinajstić information content (AvgIpc) is 3.85. The fourth-order valence-corrected chi connectivity index (χ4v) is 9.16. The first-order valence-electron chi connectivity index (χ1n) is 18.8. The Kier molecular flexibility index (Phi) is 7.71. The molecule has 3 heterocycles. The van der Waals surface area contributed by atoms with E-state index in [1.165, 1.54) is 36.9 Å². The van der Waals surface area contributed by atoms with Crippen LogP contribution in [-0.4, -0.2) is 11.7 Å². The number of hydrogen-bond acceptors (Lipinski definition) is 5. The SMILES string of the molecule is c1ccc(-c2ccc(-c3ccc(C4=NC(c5ccc6c(c5)oc5c(-c7ccccc7)cccc56)N=C(c5cccc6c5sc5ccccc56)N4)cc3)cc2)cc1. The number of thiophene rings is 1. The smallest absolute Gasteiger partial charge is 0.169 e. The standard InChI is InChI=1S/C51H33N3OS/c1-3-11-32(12-4-1)33-21-23-34(24-22-33)35-25-27-37(28-26-35)49-52-50(54-51(53-49)44-19-10-18-43-41-15-7-8-20-46(41)56-48(43)44)38-29-30-40-42-17-9-16-39(36-13-5-2-6-14-36)47(42)55-45(40)31-38/h1-31,50H,(H,52,53,54). The normalized spacial score (nSPS) is 14.2. The first-order chi connectivity index (χ1) is 27.7. The molecule has 0 fully saturated rings. The summed E-state index contributed by atoms with van der Waals surface area (Å²) in [6.07, 6.45) is -0.484. The van der Waals surface area contributed by atoms with Gasteiger partial charge < -0.3 is 9.73 Å². The van der Waals surface area contributed by atoms with Gasteiger partial charge in [-0.2, -0.15) is 0 Å². The molecule has 2 aromatic heterocycles. The van der Waals surface area contributed by atoms with E-state index in [-0.39, 0.29) is 0 Å². The van der Waals surface area contributed by atoms with Crippen molar-refractivity contribution >= 4 is 65.1 Å². The molecule has 1 atom stereocenters. The van der Waals surface area contributed by atoms with Crippen LogP contribution in [0.5, 0.6) is 0 Å². The van der Waals surface area contributed by atoms with Crippen LogP contribution in [-0.2, 0) is 0 Å². The molecule has 8 aromatic carbocycles. The fraction of sp³-hybridized carbons (Fsp3) is 0.0196. The lowest BCUT2D eigenvalue weighted by molar-refractivity contribution is 0.666. The average molecular weight is 736 g/mol. The molecule has 56 heavy (non-hydrogen) atoms. The Morgan fingerprint density at radius 1 is 0.429 bits per heavy atom. The molecule has 5 heteroatoms. The van der Waals surface area contributed by atoms with Gasteiger partial charge in [0.1, 0.15) is 22.8 Å². The summed E-state index contributed by atoms with van der Waals surface area (Å²) in [6.45, 7) is 0. The predicted octanol–water partition coefficient (Wildman–Crippen LogP) is 13.5. The minimum Gasteiger partial charge on any atom is -0.455 e. The number of fused-ring (bicyclic) bond motifs is 6. The van der Waals surface area contributed by atoms with Crippen molar-refractivity contribution in [2.24, 2.45) is 9.98 Å². The molecule has 1 aliphatic rings. The lowest BCUT2D eigenvalue weighted by Crippen LogP contribution is -2.36. The van der Waals surface area contributed by atoms with Gasteiger partial charge in [-0.25, -0.2) is 9.98 Å². The van der Waals surface area contributed by atoms with Gasteiger partial charge >= 0.3 is 0 Å². The van der Waals surface area contributed by atoms with E-state index in [4.69, 9.17) is 14.4 Å². The van der Waals surface area contributed by atoms with E-state index < -0.39 is 6.17 Å². The van der Waals surface area contributed by atoms with E-state index in [1.807, 2.05) is 12.1 Å². The molecule has 0 saturated carbocycles. The highest BCUT2D eigenvalue weighted by atomic mass is 32.1. The Morgan fingerprint density at radius 2 is 1.00 bits per heavy atom. The Labute approximate surface area is 327 Å². The molecule has 1 unspecified atom stereocenters. The van der Waals surface area contributed by atoms with Crippen LogP contribution in [0.1, 0.15) is 22.9 Å². The molecule has 4 nitrogen and oxygen atoms in total. The van der Waals surface area contributed by atoms with E-state index in [0.717, 1.165) is 67.0 Å². The maximum atomic E-state index is 6.66. The number of rotatable bonds is 6. The molecule has 0 radical (unpaired) electrons. The molecule has 264 valence electrons. The second kappa shape index (κ2) is 13.3. The van der Waals surface area contributed by atoms with Crippen LogP contribution in [0.3, 0.4) is 0 Å². The van der Waals surface area contributed by atoms with Crippen molar-refractivity contribution in [2.75, 3.05) is 0 Å². The molecule has 11 rings (SSSR count). The van der Waals surface area contributed by atoms with Crippen molar-refractivity contribution in [2.45, 2.75) is 6.17 Å². The number of para-hydroxylation sites is 1. The third-order valence-electron chi connectivity index (χ3n) is 10.8. The fourth-order valence-electron chi connectivity index (χ4n) is 7.94. The van der Waals surface area contributed by atoms with E-state index in [9.17, 15) is 0 Å². The summed E-state index contributed by atoms with van der Waals surface area (Å²) in [5, 5.41) is 8.33. The number of benzene rings is 8.